The second kappa shape index (κ2) is 27.7. The van der Waals surface area contributed by atoms with Gasteiger partial charge in [-0.25, -0.2) is 9.97 Å². The number of aromatic nitrogens is 2. The van der Waals surface area contributed by atoms with Crippen LogP contribution in [0.15, 0.2) is 60.7 Å². The number of nitrogens with zero attached hydrogens (tertiary/aromatic N) is 6. The molecule has 4 aromatic rings. The number of aliphatic hydroxyl groups excluding tert-OH is 1. The zero-order chi connectivity index (χ0) is 55.4. The van der Waals surface area contributed by atoms with Crippen LogP contribution < -0.4 is 21.3 Å². The van der Waals surface area contributed by atoms with Gasteiger partial charge in [0.15, 0.2) is 11.4 Å². The van der Waals surface area contributed by atoms with Crippen molar-refractivity contribution in [1.82, 2.24) is 50.8 Å². The molecule has 2 fully saturated rings. The van der Waals surface area contributed by atoms with E-state index in [-0.39, 0.29) is 23.0 Å². The summed E-state index contributed by atoms with van der Waals surface area (Å²) in [5.74, 6) is -7.55. The molecule has 4 heterocycles. The molecule has 0 radical (unpaired) electrons. The Morgan fingerprint density at radius 1 is 0.645 bits per heavy atom. The molecule has 22 nitrogen and oxygen atoms in total. The quantitative estimate of drug-likeness (QED) is 0.121. The number of thioether (sulfide) groups is 4. The number of likely N-dealkylation sites (N-methyl/N-ethyl adjacent to an activating group) is 4. The van der Waals surface area contributed by atoms with Gasteiger partial charge < -0.3 is 51.3 Å². The SMILES string of the molecule is CSC[C@H]1C(=O)SC[C@@H](NC(=O)c2nc3ccccc3cc2O)C(=O)NCC(=O)N(C)[C@H]2CSSCC(C(=O)N1C)N(C)C(=O)CNC(=O)[C@H](NC(=O)c1nc3ccccc3cc1O)CSC(=O)[C@H](CSC)N(C)[C@H]2O. The number of pyridine rings is 2. The van der Waals surface area contributed by atoms with E-state index in [0.29, 0.717) is 45.3 Å². The lowest BCUT2D eigenvalue weighted by molar-refractivity contribution is -0.144. The summed E-state index contributed by atoms with van der Waals surface area (Å²) in [5.41, 5.74) is -0.0658. The normalized spacial score (nSPS) is 24.0. The fourth-order valence-corrected chi connectivity index (χ4v) is 14.1. The van der Waals surface area contributed by atoms with E-state index in [9.17, 15) is 58.5 Å². The summed E-state index contributed by atoms with van der Waals surface area (Å²) in [7, 11) is 7.89. The van der Waals surface area contributed by atoms with Gasteiger partial charge in [-0.05, 0) is 43.8 Å². The van der Waals surface area contributed by atoms with Gasteiger partial charge in [-0.15, -0.1) is 0 Å². The van der Waals surface area contributed by atoms with E-state index in [2.05, 4.69) is 31.2 Å². The van der Waals surface area contributed by atoms with Gasteiger partial charge in [0.25, 0.3) is 11.8 Å². The Labute approximate surface area is 462 Å². The Bertz CT molecular complexity index is 2850. The molecule has 0 aliphatic carbocycles. The van der Waals surface area contributed by atoms with Crippen molar-refractivity contribution in [3.63, 3.8) is 0 Å². The first-order valence-corrected chi connectivity index (χ1v) is 30.6. The topological polar surface area (TPSA) is 301 Å². The molecule has 2 saturated heterocycles. The standard InChI is InChI=1S/C48H58N10O12S6/c1-55-31-23-75-76-24-32(46(68)58(4)34(22-72-6)48(70)74-19-29(41(63)49-17-37(55)61)53-43(65)39-35(59)15-25-11-7-9-13-27(25)51-39)56(2)38(62)18-50-42(64)30(20-73-47(69)33(21-71-5)57(3)45(31)67)54-44(66)40-36(60)16-26-12-8-10-14-28(26)52-40/h7-16,29-34,45,59-60,67H,17-24H2,1-6H3,(H,49,63)(H,50,64)(H,53,65)(H,54,66)/t29-,30-,31+,32?,33+,34+,45+/m1/s1. The molecule has 28 heteroatoms. The number of aliphatic hydroxyl groups is 1. The monoisotopic (exact) mass is 1160 g/mol. The van der Waals surface area contributed by atoms with Gasteiger partial charge in [0.05, 0.1) is 36.2 Å². The molecule has 0 spiro atoms. The molecule has 6 rings (SSSR count). The van der Waals surface area contributed by atoms with Crippen LogP contribution in [0.4, 0.5) is 0 Å². The Kier molecular flexibility index (Phi) is 21.8. The molecule has 7 N–H and O–H groups in total. The maximum Gasteiger partial charge on any atom is 0.274 e. The lowest BCUT2D eigenvalue weighted by Crippen LogP contribution is -2.59. The van der Waals surface area contributed by atoms with Crippen molar-refractivity contribution in [3.8, 4) is 11.5 Å². The molecule has 2 aromatic carbocycles. The minimum Gasteiger partial charge on any atom is -0.505 e. The summed E-state index contributed by atoms with van der Waals surface area (Å²) in [6.45, 7) is -1.34. The van der Waals surface area contributed by atoms with Gasteiger partial charge in [-0.2, -0.15) is 23.5 Å². The van der Waals surface area contributed by atoms with Crippen molar-refractivity contribution in [3.05, 3.63) is 72.1 Å². The molecule has 408 valence electrons. The van der Waals surface area contributed by atoms with E-state index in [1.165, 1.54) is 78.5 Å². The number of carbonyl (C=O) groups is 9. The number of hydrogen-bond donors (Lipinski definition) is 7. The van der Waals surface area contributed by atoms with Crippen molar-refractivity contribution in [2.24, 2.45) is 0 Å². The summed E-state index contributed by atoms with van der Waals surface area (Å²) in [6.07, 6.45) is 1.89. The molecular formula is C48H58N10O12S6. The number of aromatic hydroxyl groups is 2. The van der Waals surface area contributed by atoms with Crippen LogP contribution in [-0.4, -0.2) is 227 Å². The number of benzene rings is 2. The van der Waals surface area contributed by atoms with Gasteiger partial charge in [0.2, 0.25) is 39.8 Å². The van der Waals surface area contributed by atoms with Crippen LogP contribution in [0.25, 0.3) is 21.8 Å². The van der Waals surface area contributed by atoms with Crippen molar-refractivity contribution in [2.45, 2.75) is 42.5 Å². The summed E-state index contributed by atoms with van der Waals surface area (Å²) in [5, 5.41) is 44.0. The Morgan fingerprint density at radius 3 is 1.59 bits per heavy atom. The molecule has 7 amide bonds. The summed E-state index contributed by atoms with van der Waals surface area (Å²) in [6, 6.07) is 8.50. The second-order valence-corrected chi connectivity index (χ2v) is 23.9. The van der Waals surface area contributed by atoms with E-state index < -0.39 is 142 Å². The Hall–Kier alpha value is -5.49. The largest absolute Gasteiger partial charge is 0.505 e. The van der Waals surface area contributed by atoms with Crippen LogP contribution in [-0.2, 0) is 33.6 Å². The highest BCUT2D eigenvalue weighted by molar-refractivity contribution is 8.76. The maximum absolute atomic E-state index is 14.7. The number of rotatable bonds is 8. The van der Waals surface area contributed by atoms with Crippen LogP contribution in [0, 0.1) is 0 Å². The zero-order valence-electron chi connectivity index (χ0n) is 42.1. The first-order valence-electron chi connectivity index (χ1n) is 23.3. The lowest BCUT2D eigenvalue weighted by Gasteiger charge is -2.39. The third-order valence-electron chi connectivity index (χ3n) is 12.5. The number of nitrogens with one attached hydrogen (secondary N) is 4. The number of para-hydroxylation sites is 2. The first kappa shape index (κ1) is 59.7. The minimum absolute atomic E-state index is 0.0287. The predicted molar refractivity (Wildman–Crippen MR) is 299 cm³/mol. The van der Waals surface area contributed by atoms with Crippen LogP contribution in [0.2, 0.25) is 0 Å². The fourth-order valence-electron chi connectivity index (χ4n) is 7.89. The van der Waals surface area contributed by atoms with E-state index in [4.69, 9.17) is 0 Å². The highest BCUT2D eigenvalue weighted by Crippen LogP contribution is 2.30. The summed E-state index contributed by atoms with van der Waals surface area (Å²) >= 11 is 3.81. The van der Waals surface area contributed by atoms with Gasteiger partial charge in [0, 0.05) is 66.4 Å². The van der Waals surface area contributed by atoms with Crippen molar-refractivity contribution in [2.75, 3.05) is 88.3 Å². The lowest BCUT2D eigenvalue weighted by atomic mass is 10.1. The summed E-state index contributed by atoms with van der Waals surface area (Å²) in [4.78, 5) is 141. The summed E-state index contributed by atoms with van der Waals surface area (Å²) < 4.78 is 0. The minimum atomic E-state index is -1.57. The predicted octanol–water partition coefficient (Wildman–Crippen LogP) is 1.08. The average molecular weight is 1160 g/mol. The van der Waals surface area contributed by atoms with Crippen LogP contribution >= 0.6 is 68.6 Å². The molecule has 2 aromatic heterocycles. The second-order valence-electron chi connectivity index (χ2n) is 17.5. The molecule has 2 aliphatic rings. The van der Waals surface area contributed by atoms with Crippen LogP contribution in [0.5, 0.6) is 11.5 Å². The highest BCUT2D eigenvalue weighted by atomic mass is 33.1. The fraction of sp³-hybridized carbons (Fsp3) is 0.438. The zero-order valence-corrected chi connectivity index (χ0v) is 47.0. The number of carbonyl (C=O) groups excluding carboxylic acids is 9. The first-order chi connectivity index (χ1) is 36.2. The maximum atomic E-state index is 14.7. The third kappa shape index (κ3) is 14.7. The number of fused-ring (bicyclic) bond motifs is 7. The van der Waals surface area contributed by atoms with E-state index in [1.807, 2.05) is 0 Å². The van der Waals surface area contributed by atoms with Crippen LogP contribution in [0.1, 0.15) is 21.0 Å². The molecule has 2 bridgehead atoms. The van der Waals surface area contributed by atoms with Crippen molar-refractivity contribution in [1.29, 1.82) is 0 Å². The van der Waals surface area contributed by atoms with Crippen molar-refractivity contribution < 1.29 is 58.5 Å². The average Bonchev–Trinajstić information content (AvgIpc) is 3.41. The highest BCUT2D eigenvalue weighted by Gasteiger charge is 2.40. The Balaban J connectivity index is 1.36. The van der Waals surface area contributed by atoms with Gasteiger partial charge >= 0.3 is 0 Å². The Morgan fingerprint density at radius 2 is 1.09 bits per heavy atom. The van der Waals surface area contributed by atoms with Gasteiger partial charge in [-0.1, -0.05) is 81.5 Å². The molecule has 76 heavy (non-hydrogen) atoms. The van der Waals surface area contributed by atoms with Crippen LogP contribution in [0.3, 0.4) is 0 Å². The number of hydrogen-bond acceptors (Lipinski definition) is 21. The van der Waals surface area contributed by atoms with E-state index >= 15 is 0 Å². The van der Waals surface area contributed by atoms with Gasteiger partial charge in [0.1, 0.15) is 41.9 Å². The third-order valence-corrected chi connectivity index (χ3v) is 18.4. The molecule has 2 aliphatic heterocycles. The number of amides is 7. The molecular weight excluding hydrogens is 1100 g/mol. The smallest absolute Gasteiger partial charge is 0.274 e. The van der Waals surface area contributed by atoms with E-state index in [0.717, 1.165) is 26.5 Å². The molecule has 1 unspecified atom stereocenters. The van der Waals surface area contributed by atoms with E-state index in [1.54, 1.807) is 61.0 Å². The molecule has 7 atom stereocenters. The van der Waals surface area contributed by atoms with Crippen molar-refractivity contribution >= 4 is 142 Å². The molecule has 0 saturated carbocycles. The van der Waals surface area contributed by atoms with Gasteiger partial charge in [-0.3, -0.25) is 48.1 Å².